The highest BCUT2D eigenvalue weighted by Crippen LogP contribution is 2.29. The van der Waals surface area contributed by atoms with Gasteiger partial charge in [-0.25, -0.2) is 0 Å². The Labute approximate surface area is 141 Å². The number of hydrogen-bond acceptors (Lipinski definition) is 3. The van der Waals surface area contributed by atoms with Gasteiger partial charge >= 0.3 is 0 Å². The van der Waals surface area contributed by atoms with E-state index in [2.05, 4.69) is 36.2 Å². The van der Waals surface area contributed by atoms with Gasteiger partial charge in [-0.2, -0.15) is 0 Å². The Hall–Kier alpha value is -1.55. The van der Waals surface area contributed by atoms with Gasteiger partial charge in [-0.3, -0.25) is 4.79 Å². The molecule has 1 atom stereocenters. The lowest BCUT2D eigenvalue weighted by Gasteiger charge is -2.22. The van der Waals surface area contributed by atoms with Crippen molar-refractivity contribution >= 4 is 5.91 Å². The summed E-state index contributed by atoms with van der Waals surface area (Å²) in [7, 11) is 4.01. The molecular weight excluding hydrogens is 288 g/mol. The number of nitrogens with zero attached hydrogens (tertiary/aromatic N) is 1. The number of likely N-dealkylation sites (N-methyl/N-ethyl adjacent to an activating group) is 1. The minimum absolute atomic E-state index is 0.119. The van der Waals surface area contributed by atoms with Crippen LogP contribution in [0.1, 0.15) is 45.6 Å². The first kappa shape index (κ1) is 19.5. The van der Waals surface area contributed by atoms with E-state index in [0.29, 0.717) is 18.9 Å². The number of rotatable bonds is 9. The molecule has 0 aliphatic carbocycles. The van der Waals surface area contributed by atoms with Crippen LogP contribution in [0.5, 0.6) is 5.75 Å². The van der Waals surface area contributed by atoms with Gasteiger partial charge in [-0.05, 0) is 57.5 Å². The maximum absolute atomic E-state index is 12.2. The van der Waals surface area contributed by atoms with E-state index in [-0.39, 0.29) is 17.9 Å². The standard InChI is InChI=1S/C19H32N2O2/c1-14(2)18(13-19(22)20-11-12-21(5)6)16-7-9-17(10-8-16)23-15(3)4/h7-10,14-15,18H,11-13H2,1-6H3,(H,20,22)/t18-/m0/s1. The van der Waals surface area contributed by atoms with Gasteiger partial charge in [0, 0.05) is 19.5 Å². The summed E-state index contributed by atoms with van der Waals surface area (Å²) in [6.45, 7) is 9.91. The molecule has 1 aromatic rings. The van der Waals surface area contributed by atoms with Gasteiger partial charge in [-0.1, -0.05) is 26.0 Å². The topological polar surface area (TPSA) is 41.6 Å². The van der Waals surface area contributed by atoms with E-state index in [9.17, 15) is 4.79 Å². The molecular formula is C19H32N2O2. The molecule has 130 valence electrons. The fourth-order valence-corrected chi connectivity index (χ4v) is 2.50. The van der Waals surface area contributed by atoms with Crippen LogP contribution < -0.4 is 10.1 Å². The first-order chi connectivity index (χ1) is 10.8. The lowest BCUT2D eigenvalue weighted by Crippen LogP contribution is -2.32. The lowest BCUT2D eigenvalue weighted by molar-refractivity contribution is -0.121. The molecule has 0 aliphatic heterocycles. The van der Waals surface area contributed by atoms with Gasteiger partial charge in [0.25, 0.3) is 0 Å². The van der Waals surface area contributed by atoms with E-state index < -0.39 is 0 Å². The highest BCUT2D eigenvalue weighted by molar-refractivity contribution is 5.76. The Bertz CT molecular complexity index is 467. The van der Waals surface area contributed by atoms with E-state index in [1.807, 2.05) is 40.1 Å². The van der Waals surface area contributed by atoms with Crippen molar-refractivity contribution in [1.29, 1.82) is 0 Å². The molecule has 4 heteroatoms. The Morgan fingerprint density at radius 1 is 1.13 bits per heavy atom. The molecule has 0 unspecified atom stereocenters. The molecule has 1 rings (SSSR count). The molecule has 0 fully saturated rings. The first-order valence-electron chi connectivity index (χ1n) is 8.47. The summed E-state index contributed by atoms with van der Waals surface area (Å²) in [4.78, 5) is 14.2. The molecule has 0 radical (unpaired) electrons. The third-order valence-corrected chi connectivity index (χ3v) is 3.77. The van der Waals surface area contributed by atoms with Crippen LogP contribution in [0.3, 0.4) is 0 Å². The van der Waals surface area contributed by atoms with Crippen molar-refractivity contribution in [1.82, 2.24) is 10.2 Å². The summed E-state index contributed by atoms with van der Waals surface area (Å²) in [5.74, 6) is 1.63. The van der Waals surface area contributed by atoms with Crippen LogP contribution in [0.2, 0.25) is 0 Å². The quantitative estimate of drug-likeness (QED) is 0.759. The van der Waals surface area contributed by atoms with Gasteiger partial charge in [0.1, 0.15) is 5.75 Å². The number of hydrogen-bond donors (Lipinski definition) is 1. The average Bonchev–Trinajstić information content (AvgIpc) is 2.44. The summed E-state index contributed by atoms with van der Waals surface area (Å²) in [5.41, 5.74) is 1.19. The van der Waals surface area contributed by atoms with Crippen molar-refractivity contribution < 1.29 is 9.53 Å². The van der Waals surface area contributed by atoms with Crippen molar-refractivity contribution in [2.24, 2.45) is 5.92 Å². The maximum Gasteiger partial charge on any atom is 0.220 e. The predicted octanol–water partition coefficient (Wildman–Crippen LogP) is 3.28. The van der Waals surface area contributed by atoms with Gasteiger partial charge in [-0.15, -0.1) is 0 Å². The average molecular weight is 320 g/mol. The van der Waals surface area contributed by atoms with Crippen LogP contribution >= 0.6 is 0 Å². The molecule has 1 aromatic carbocycles. The Balaban J connectivity index is 2.65. The lowest BCUT2D eigenvalue weighted by atomic mass is 9.85. The van der Waals surface area contributed by atoms with Crippen molar-refractivity contribution in [3.05, 3.63) is 29.8 Å². The highest BCUT2D eigenvalue weighted by Gasteiger charge is 2.19. The molecule has 0 aliphatic rings. The molecule has 1 N–H and O–H groups in total. The van der Waals surface area contributed by atoms with E-state index in [0.717, 1.165) is 12.3 Å². The normalized spacial score (nSPS) is 12.7. The van der Waals surface area contributed by atoms with Gasteiger partial charge in [0.15, 0.2) is 0 Å². The summed E-state index contributed by atoms with van der Waals surface area (Å²) in [5, 5.41) is 3.00. The van der Waals surface area contributed by atoms with Crippen LogP contribution in [-0.4, -0.2) is 44.1 Å². The van der Waals surface area contributed by atoms with Crippen molar-refractivity contribution in [2.75, 3.05) is 27.2 Å². The number of amides is 1. The fourth-order valence-electron chi connectivity index (χ4n) is 2.50. The van der Waals surface area contributed by atoms with Crippen LogP contribution in [-0.2, 0) is 4.79 Å². The van der Waals surface area contributed by atoms with E-state index in [4.69, 9.17) is 4.74 Å². The maximum atomic E-state index is 12.2. The van der Waals surface area contributed by atoms with Crippen LogP contribution in [0.4, 0.5) is 0 Å². The molecule has 4 nitrogen and oxygen atoms in total. The Morgan fingerprint density at radius 2 is 1.74 bits per heavy atom. The zero-order chi connectivity index (χ0) is 17.4. The second-order valence-electron chi connectivity index (χ2n) is 6.94. The highest BCUT2D eigenvalue weighted by atomic mass is 16.5. The summed E-state index contributed by atoms with van der Waals surface area (Å²) in [6, 6.07) is 8.15. The van der Waals surface area contributed by atoms with Gasteiger partial charge in [0.05, 0.1) is 6.10 Å². The predicted molar refractivity (Wildman–Crippen MR) is 96.0 cm³/mol. The molecule has 0 heterocycles. The molecule has 0 spiro atoms. The summed E-state index contributed by atoms with van der Waals surface area (Å²) >= 11 is 0. The second kappa shape index (κ2) is 9.56. The zero-order valence-corrected chi connectivity index (χ0v) is 15.4. The summed E-state index contributed by atoms with van der Waals surface area (Å²) in [6.07, 6.45) is 0.694. The van der Waals surface area contributed by atoms with Gasteiger partial charge in [0.2, 0.25) is 5.91 Å². The smallest absolute Gasteiger partial charge is 0.220 e. The van der Waals surface area contributed by atoms with Crippen LogP contribution in [0.15, 0.2) is 24.3 Å². The first-order valence-corrected chi connectivity index (χ1v) is 8.47. The molecule has 0 bridgehead atoms. The number of ether oxygens (including phenoxy) is 1. The van der Waals surface area contributed by atoms with Crippen LogP contribution in [0.25, 0.3) is 0 Å². The van der Waals surface area contributed by atoms with E-state index in [1.165, 1.54) is 5.56 Å². The monoisotopic (exact) mass is 320 g/mol. The molecule has 23 heavy (non-hydrogen) atoms. The van der Waals surface area contributed by atoms with E-state index in [1.54, 1.807) is 0 Å². The minimum atomic E-state index is 0.119. The molecule has 1 amide bonds. The third kappa shape index (κ3) is 7.51. The Morgan fingerprint density at radius 3 is 2.22 bits per heavy atom. The fraction of sp³-hybridized carbons (Fsp3) is 0.632. The molecule has 0 aromatic heterocycles. The second-order valence-corrected chi connectivity index (χ2v) is 6.94. The number of benzene rings is 1. The van der Waals surface area contributed by atoms with Crippen LogP contribution in [0, 0.1) is 5.92 Å². The Kier molecular flexibility index (Phi) is 8.10. The largest absolute Gasteiger partial charge is 0.491 e. The number of nitrogens with one attached hydrogen (secondary N) is 1. The SMILES string of the molecule is CC(C)Oc1ccc([C@@H](CC(=O)NCCN(C)C)C(C)C)cc1. The zero-order valence-electron chi connectivity index (χ0n) is 15.4. The minimum Gasteiger partial charge on any atom is -0.491 e. The van der Waals surface area contributed by atoms with Crippen molar-refractivity contribution in [3.63, 3.8) is 0 Å². The van der Waals surface area contributed by atoms with Crippen molar-refractivity contribution in [2.45, 2.75) is 46.1 Å². The molecule has 0 saturated carbocycles. The third-order valence-electron chi connectivity index (χ3n) is 3.77. The number of carbonyl (C=O) groups excluding carboxylic acids is 1. The van der Waals surface area contributed by atoms with Crippen molar-refractivity contribution in [3.8, 4) is 5.75 Å². The molecule has 0 saturated heterocycles. The number of carbonyl (C=O) groups is 1. The van der Waals surface area contributed by atoms with E-state index >= 15 is 0 Å². The summed E-state index contributed by atoms with van der Waals surface area (Å²) < 4.78 is 5.68. The van der Waals surface area contributed by atoms with Gasteiger partial charge < -0.3 is 15.0 Å².